The third-order valence-corrected chi connectivity index (χ3v) is 4.14. The molecule has 1 heterocycles. The van der Waals surface area contributed by atoms with E-state index < -0.39 is 11.4 Å². The molecule has 1 saturated carbocycles. The lowest BCUT2D eigenvalue weighted by molar-refractivity contribution is -0.148. The van der Waals surface area contributed by atoms with Crippen LogP contribution in [0, 0.1) is 12.3 Å². The summed E-state index contributed by atoms with van der Waals surface area (Å²) in [5.74, 6) is -0.819. The van der Waals surface area contributed by atoms with E-state index in [1.807, 2.05) is 19.1 Å². The minimum Gasteiger partial charge on any atom is -0.481 e. The monoisotopic (exact) mass is 291 g/mol. The van der Waals surface area contributed by atoms with E-state index in [9.17, 15) is 14.7 Å². The summed E-state index contributed by atoms with van der Waals surface area (Å²) in [5.41, 5.74) is 1.02. The van der Waals surface area contributed by atoms with Crippen molar-refractivity contribution < 1.29 is 14.7 Å². The van der Waals surface area contributed by atoms with Crippen LogP contribution in [0.15, 0.2) is 18.3 Å². The Morgan fingerprint density at radius 2 is 2.05 bits per heavy atom. The number of carbonyl (C=O) groups excluding carboxylic acids is 1. The molecule has 21 heavy (non-hydrogen) atoms. The highest BCUT2D eigenvalue weighted by Gasteiger charge is 2.41. The molecule has 1 aliphatic carbocycles. The molecule has 1 aliphatic rings. The van der Waals surface area contributed by atoms with Crippen molar-refractivity contribution in [3.8, 4) is 0 Å². The Morgan fingerprint density at radius 3 is 2.67 bits per heavy atom. The fourth-order valence-electron chi connectivity index (χ4n) is 2.70. The van der Waals surface area contributed by atoms with Crippen molar-refractivity contribution in [2.45, 2.75) is 39.2 Å². The summed E-state index contributed by atoms with van der Waals surface area (Å²) in [4.78, 5) is 27.4. The zero-order chi connectivity index (χ0) is 15.3. The molecule has 0 spiro atoms. The molecule has 2 rings (SSSR count). The van der Waals surface area contributed by atoms with Crippen LogP contribution in [0.5, 0.6) is 0 Å². The Balaban J connectivity index is 1.82. The fourth-order valence-corrected chi connectivity index (χ4v) is 2.70. The summed E-state index contributed by atoms with van der Waals surface area (Å²) in [6.45, 7) is 2.44. The van der Waals surface area contributed by atoms with Crippen LogP contribution < -0.4 is 10.6 Å². The molecule has 1 aromatic heterocycles. The number of pyridine rings is 1. The molecule has 0 radical (unpaired) electrons. The van der Waals surface area contributed by atoms with Gasteiger partial charge in [-0.15, -0.1) is 0 Å². The second-order valence-corrected chi connectivity index (χ2v) is 5.60. The molecule has 3 N–H and O–H groups in total. The van der Waals surface area contributed by atoms with Crippen LogP contribution in [-0.2, 0) is 11.3 Å². The molecule has 1 aromatic rings. The fraction of sp³-hybridized carbons (Fsp3) is 0.533. The van der Waals surface area contributed by atoms with Crippen LogP contribution in [0.3, 0.4) is 0 Å². The van der Waals surface area contributed by atoms with Gasteiger partial charge in [0.1, 0.15) is 0 Å². The summed E-state index contributed by atoms with van der Waals surface area (Å²) in [6.07, 6.45) is 4.75. The highest BCUT2D eigenvalue weighted by atomic mass is 16.4. The summed E-state index contributed by atoms with van der Waals surface area (Å²) in [5, 5.41) is 14.7. The lowest BCUT2D eigenvalue weighted by Gasteiger charge is -2.24. The average molecular weight is 291 g/mol. The van der Waals surface area contributed by atoms with Crippen LogP contribution >= 0.6 is 0 Å². The summed E-state index contributed by atoms with van der Waals surface area (Å²) in [6, 6.07) is 3.42. The highest BCUT2D eigenvalue weighted by Crippen LogP contribution is 2.37. The van der Waals surface area contributed by atoms with Gasteiger partial charge in [0.15, 0.2) is 0 Å². The number of hydrogen-bond acceptors (Lipinski definition) is 3. The highest BCUT2D eigenvalue weighted by molar-refractivity contribution is 5.78. The number of carboxylic acid groups (broad SMARTS) is 1. The molecule has 2 amide bonds. The normalized spacial score (nSPS) is 16.4. The maximum Gasteiger partial charge on any atom is 0.315 e. The van der Waals surface area contributed by atoms with E-state index in [-0.39, 0.29) is 12.6 Å². The first-order valence-electron chi connectivity index (χ1n) is 7.19. The minimum atomic E-state index is -0.819. The molecule has 0 bridgehead atoms. The van der Waals surface area contributed by atoms with E-state index in [0.29, 0.717) is 19.4 Å². The van der Waals surface area contributed by atoms with Gasteiger partial charge in [0.2, 0.25) is 0 Å². The summed E-state index contributed by atoms with van der Waals surface area (Å²) < 4.78 is 0. The Hall–Kier alpha value is -2.11. The van der Waals surface area contributed by atoms with Crippen LogP contribution in [0.2, 0.25) is 0 Å². The van der Waals surface area contributed by atoms with Crippen molar-refractivity contribution in [3.63, 3.8) is 0 Å². The van der Waals surface area contributed by atoms with Gasteiger partial charge >= 0.3 is 12.0 Å². The Morgan fingerprint density at radius 1 is 1.33 bits per heavy atom. The number of nitrogens with zero attached hydrogens (tertiary/aromatic N) is 1. The van der Waals surface area contributed by atoms with Crippen LogP contribution in [0.1, 0.15) is 36.9 Å². The van der Waals surface area contributed by atoms with Gasteiger partial charge in [0.05, 0.1) is 17.7 Å². The molecule has 0 atom stereocenters. The van der Waals surface area contributed by atoms with E-state index in [1.165, 1.54) is 0 Å². The second-order valence-electron chi connectivity index (χ2n) is 5.60. The van der Waals surface area contributed by atoms with Crippen molar-refractivity contribution in [2.75, 3.05) is 6.54 Å². The third kappa shape index (κ3) is 3.71. The van der Waals surface area contributed by atoms with E-state index in [4.69, 9.17) is 0 Å². The van der Waals surface area contributed by atoms with Crippen LogP contribution in [0.25, 0.3) is 0 Å². The van der Waals surface area contributed by atoms with E-state index >= 15 is 0 Å². The zero-order valence-electron chi connectivity index (χ0n) is 12.2. The zero-order valence-corrected chi connectivity index (χ0v) is 12.2. The number of urea groups is 1. The summed E-state index contributed by atoms with van der Waals surface area (Å²) in [7, 11) is 0. The van der Waals surface area contributed by atoms with Crippen molar-refractivity contribution in [1.29, 1.82) is 0 Å². The first-order valence-corrected chi connectivity index (χ1v) is 7.19. The maximum absolute atomic E-state index is 11.8. The number of hydrogen-bond donors (Lipinski definition) is 3. The van der Waals surface area contributed by atoms with Crippen molar-refractivity contribution in [3.05, 3.63) is 29.6 Å². The van der Waals surface area contributed by atoms with Crippen molar-refractivity contribution in [2.24, 2.45) is 5.41 Å². The lowest BCUT2D eigenvalue weighted by atomic mass is 9.86. The number of nitrogens with one attached hydrogen (secondary N) is 2. The van der Waals surface area contributed by atoms with Crippen LogP contribution in [0.4, 0.5) is 4.79 Å². The van der Waals surface area contributed by atoms with Crippen molar-refractivity contribution in [1.82, 2.24) is 15.6 Å². The number of aromatic nitrogens is 1. The van der Waals surface area contributed by atoms with E-state index in [0.717, 1.165) is 24.1 Å². The minimum absolute atomic E-state index is 0.176. The average Bonchev–Trinajstić information content (AvgIpc) is 2.94. The molecule has 1 fully saturated rings. The Kier molecular flexibility index (Phi) is 4.77. The van der Waals surface area contributed by atoms with Gasteiger partial charge in [-0.25, -0.2) is 4.79 Å². The lowest BCUT2D eigenvalue weighted by Crippen LogP contribution is -2.44. The smallest absolute Gasteiger partial charge is 0.315 e. The number of amides is 2. The van der Waals surface area contributed by atoms with Gasteiger partial charge in [-0.05, 0) is 31.4 Å². The predicted molar refractivity (Wildman–Crippen MR) is 77.7 cm³/mol. The van der Waals surface area contributed by atoms with Gasteiger partial charge < -0.3 is 15.7 Å². The standard InChI is InChI=1S/C15H21N3O3/c1-11-5-4-8-16-12(11)9-17-14(21)18-10-15(13(19)20)6-2-3-7-15/h4-5,8H,2-3,6-7,9-10H2,1H3,(H,19,20)(H2,17,18,21). The topological polar surface area (TPSA) is 91.3 Å². The van der Waals surface area contributed by atoms with Crippen molar-refractivity contribution >= 4 is 12.0 Å². The molecule has 0 aromatic carbocycles. The molecule has 6 nitrogen and oxygen atoms in total. The van der Waals surface area contributed by atoms with E-state index in [2.05, 4.69) is 15.6 Å². The first kappa shape index (κ1) is 15.3. The molecule has 114 valence electrons. The molecule has 0 unspecified atom stereocenters. The molecular formula is C15H21N3O3. The molecule has 0 saturated heterocycles. The number of aryl methyl sites for hydroxylation is 1. The molecule has 0 aliphatic heterocycles. The number of carboxylic acids is 1. The SMILES string of the molecule is Cc1cccnc1CNC(=O)NCC1(C(=O)O)CCCC1. The predicted octanol–water partition coefficient (Wildman–Crippen LogP) is 1.83. The van der Waals surface area contributed by atoms with E-state index in [1.54, 1.807) is 6.20 Å². The van der Waals surface area contributed by atoms with Gasteiger partial charge in [-0.2, -0.15) is 0 Å². The van der Waals surface area contributed by atoms with Gasteiger partial charge in [-0.3, -0.25) is 9.78 Å². The molecular weight excluding hydrogens is 270 g/mol. The van der Waals surface area contributed by atoms with Crippen LogP contribution in [-0.4, -0.2) is 28.6 Å². The Labute approximate surface area is 124 Å². The second kappa shape index (κ2) is 6.56. The third-order valence-electron chi connectivity index (χ3n) is 4.14. The summed E-state index contributed by atoms with van der Waals surface area (Å²) >= 11 is 0. The van der Waals surface area contributed by atoms with Gasteiger partial charge in [0, 0.05) is 12.7 Å². The number of aliphatic carboxylic acids is 1. The maximum atomic E-state index is 11.8. The Bertz CT molecular complexity index is 525. The molecule has 6 heteroatoms. The van der Waals surface area contributed by atoms with Gasteiger partial charge in [-0.1, -0.05) is 18.9 Å². The van der Waals surface area contributed by atoms with Gasteiger partial charge in [0.25, 0.3) is 0 Å². The largest absolute Gasteiger partial charge is 0.481 e. The quantitative estimate of drug-likeness (QED) is 0.772. The number of rotatable bonds is 5. The first-order chi connectivity index (χ1) is 10.0. The number of carbonyl (C=O) groups is 2.